The summed E-state index contributed by atoms with van der Waals surface area (Å²) >= 11 is 0. The number of fused-ring (bicyclic) bond motifs is 3. The summed E-state index contributed by atoms with van der Waals surface area (Å²) in [7, 11) is -0.184. The Labute approximate surface area is 146 Å². The Morgan fingerprint density at radius 2 is 1.83 bits per heavy atom. The summed E-state index contributed by atoms with van der Waals surface area (Å²) in [5.74, 6) is 1.63. The monoisotopic (exact) mass is 344 g/mol. The van der Waals surface area contributed by atoms with Crippen molar-refractivity contribution in [1.29, 1.82) is 0 Å². The number of methoxy groups -OCH3 is 1. The van der Waals surface area contributed by atoms with Gasteiger partial charge in [0.25, 0.3) is 14.3 Å². The Balaban J connectivity index is 2.05. The lowest BCUT2D eigenvalue weighted by Gasteiger charge is -2.35. The van der Waals surface area contributed by atoms with Crippen LogP contribution in [0.2, 0.25) is 18.1 Å². The zero-order valence-electron chi connectivity index (χ0n) is 15.9. The highest BCUT2D eigenvalue weighted by atomic mass is 28.4. The van der Waals surface area contributed by atoms with Gasteiger partial charge in [0.2, 0.25) is 0 Å². The van der Waals surface area contributed by atoms with Crippen molar-refractivity contribution in [2.45, 2.75) is 58.7 Å². The molecule has 0 amide bonds. The lowest BCUT2D eigenvalue weighted by molar-refractivity contribution is 0.362. The molecule has 3 rings (SSSR count). The van der Waals surface area contributed by atoms with E-state index in [0.29, 0.717) is 5.95 Å². The Hall–Kier alpha value is -1.68. The molecule has 130 valence electrons. The largest absolute Gasteiger partial charge is 0.518 e. The second-order valence-electron chi connectivity index (χ2n) is 8.28. The van der Waals surface area contributed by atoms with Crippen LogP contribution in [0.4, 0.5) is 0 Å². The highest BCUT2D eigenvalue weighted by molar-refractivity contribution is 6.74. The van der Waals surface area contributed by atoms with Gasteiger partial charge >= 0.3 is 0 Å². The third-order valence-corrected chi connectivity index (χ3v) is 9.78. The van der Waals surface area contributed by atoms with Gasteiger partial charge in [0, 0.05) is 16.7 Å². The molecule has 24 heavy (non-hydrogen) atoms. The summed E-state index contributed by atoms with van der Waals surface area (Å²) in [5, 5.41) is 0.147. The summed E-state index contributed by atoms with van der Waals surface area (Å²) in [5.41, 5.74) is 6.05. The molecule has 0 unspecified atom stereocenters. The average molecular weight is 345 g/mol. The number of rotatable bonds is 3. The van der Waals surface area contributed by atoms with E-state index in [1.807, 2.05) is 6.26 Å². The van der Waals surface area contributed by atoms with Gasteiger partial charge in [0.1, 0.15) is 12.0 Å². The van der Waals surface area contributed by atoms with E-state index >= 15 is 0 Å². The van der Waals surface area contributed by atoms with Crippen LogP contribution in [0.3, 0.4) is 0 Å². The van der Waals surface area contributed by atoms with E-state index < -0.39 is 8.32 Å². The van der Waals surface area contributed by atoms with Crippen molar-refractivity contribution in [2.75, 3.05) is 7.11 Å². The molecule has 0 radical (unpaired) electrons. The summed E-state index contributed by atoms with van der Waals surface area (Å²) in [6.07, 6.45) is 3.79. The second kappa shape index (κ2) is 5.69. The SMILES string of the molecule is COc1cc(C)cc2c1-c1coc(O[Si](C)(C)C(C)(C)C)c1CC2. The predicted molar refractivity (Wildman–Crippen MR) is 101 cm³/mol. The van der Waals surface area contributed by atoms with E-state index in [4.69, 9.17) is 13.6 Å². The first-order valence-corrected chi connectivity index (χ1v) is 11.5. The van der Waals surface area contributed by atoms with Gasteiger partial charge in [-0.1, -0.05) is 26.8 Å². The molecule has 0 bridgehead atoms. The lowest BCUT2D eigenvalue weighted by Crippen LogP contribution is -2.44. The van der Waals surface area contributed by atoms with Crippen molar-refractivity contribution in [1.82, 2.24) is 0 Å². The van der Waals surface area contributed by atoms with Crippen LogP contribution in [-0.4, -0.2) is 15.4 Å². The molecule has 1 aliphatic rings. The number of benzene rings is 1. The standard InChI is InChI=1S/C20H28O3Si/c1-13-10-14-8-9-15-16(18(14)17(11-13)21-5)12-22-19(15)23-24(6,7)20(2,3)4/h10-12H,8-9H2,1-7H3. The number of hydrogen-bond donors (Lipinski definition) is 0. The fourth-order valence-corrected chi connectivity index (χ4v) is 3.97. The lowest BCUT2D eigenvalue weighted by atomic mass is 9.86. The number of furan rings is 1. The van der Waals surface area contributed by atoms with Gasteiger partial charge in [-0.2, -0.15) is 0 Å². The van der Waals surface area contributed by atoms with Gasteiger partial charge < -0.3 is 13.6 Å². The molecule has 0 spiro atoms. The van der Waals surface area contributed by atoms with E-state index in [0.717, 1.165) is 29.7 Å². The zero-order chi connectivity index (χ0) is 17.7. The normalized spacial score (nSPS) is 14.1. The Bertz CT molecular complexity index is 749. The topological polar surface area (TPSA) is 31.6 Å². The maximum atomic E-state index is 6.45. The number of aryl methyl sites for hydroxylation is 2. The first kappa shape index (κ1) is 17.2. The molecular weight excluding hydrogens is 316 g/mol. The number of hydrogen-bond acceptors (Lipinski definition) is 3. The van der Waals surface area contributed by atoms with Crippen LogP contribution in [-0.2, 0) is 12.8 Å². The Morgan fingerprint density at radius 1 is 1.12 bits per heavy atom. The number of ether oxygens (including phenoxy) is 1. The molecule has 1 aromatic carbocycles. The fourth-order valence-electron chi connectivity index (χ4n) is 3.03. The second-order valence-corrected chi connectivity index (χ2v) is 13.0. The van der Waals surface area contributed by atoms with Crippen molar-refractivity contribution in [3.63, 3.8) is 0 Å². The van der Waals surface area contributed by atoms with Gasteiger partial charge in [-0.15, -0.1) is 0 Å². The van der Waals surface area contributed by atoms with Gasteiger partial charge in [-0.25, -0.2) is 0 Å². The highest BCUT2D eigenvalue weighted by Gasteiger charge is 2.41. The van der Waals surface area contributed by atoms with E-state index in [-0.39, 0.29) is 5.04 Å². The van der Waals surface area contributed by atoms with Crippen LogP contribution in [0.25, 0.3) is 11.1 Å². The van der Waals surface area contributed by atoms with Crippen LogP contribution in [0.1, 0.15) is 37.5 Å². The molecular formula is C20H28O3Si. The molecule has 0 fully saturated rings. The Morgan fingerprint density at radius 3 is 2.46 bits per heavy atom. The molecule has 0 saturated carbocycles. The van der Waals surface area contributed by atoms with E-state index in [1.54, 1.807) is 7.11 Å². The van der Waals surface area contributed by atoms with Crippen LogP contribution >= 0.6 is 0 Å². The third-order valence-electron chi connectivity index (χ3n) is 5.47. The minimum absolute atomic E-state index is 0.147. The quantitative estimate of drug-likeness (QED) is 0.665. The summed E-state index contributed by atoms with van der Waals surface area (Å²) < 4.78 is 18.0. The van der Waals surface area contributed by atoms with Gasteiger partial charge in [0.05, 0.1) is 7.11 Å². The minimum atomic E-state index is -1.92. The van der Waals surface area contributed by atoms with Crippen LogP contribution in [0.5, 0.6) is 11.7 Å². The molecule has 1 aliphatic carbocycles. The minimum Gasteiger partial charge on any atom is -0.518 e. The van der Waals surface area contributed by atoms with Gasteiger partial charge in [0.15, 0.2) is 0 Å². The molecule has 0 saturated heterocycles. The van der Waals surface area contributed by atoms with Crippen molar-refractivity contribution < 1.29 is 13.6 Å². The summed E-state index contributed by atoms with van der Waals surface area (Å²) in [6, 6.07) is 4.34. The Kier molecular flexibility index (Phi) is 4.07. The van der Waals surface area contributed by atoms with Gasteiger partial charge in [-0.05, 0) is 55.1 Å². The van der Waals surface area contributed by atoms with Crippen molar-refractivity contribution in [3.05, 3.63) is 35.1 Å². The van der Waals surface area contributed by atoms with E-state index in [1.165, 1.54) is 16.7 Å². The van der Waals surface area contributed by atoms with Crippen molar-refractivity contribution >= 4 is 8.32 Å². The highest BCUT2D eigenvalue weighted by Crippen LogP contribution is 2.46. The first-order valence-electron chi connectivity index (χ1n) is 8.61. The zero-order valence-corrected chi connectivity index (χ0v) is 16.9. The fraction of sp³-hybridized carbons (Fsp3) is 0.500. The maximum Gasteiger partial charge on any atom is 0.274 e. The molecule has 4 heteroatoms. The van der Waals surface area contributed by atoms with E-state index in [2.05, 4.69) is 52.9 Å². The van der Waals surface area contributed by atoms with Crippen LogP contribution in [0, 0.1) is 6.92 Å². The van der Waals surface area contributed by atoms with Crippen molar-refractivity contribution in [2.24, 2.45) is 0 Å². The maximum absolute atomic E-state index is 6.45. The molecule has 0 N–H and O–H groups in total. The summed E-state index contributed by atoms with van der Waals surface area (Å²) in [6.45, 7) is 13.4. The molecule has 3 nitrogen and oxygen atoms in total. The third kappa shape index (κ3) is 2.77. The average Bonchev–Trinajstić information content (AvgIpc) is 2.87. The molecule has 0 atom stereocenters. The molecule has 1 aromatic heterocycles. The van der Waals surface area contributed by atoms with Gasteiger partial charge in [-0.3, -0.25) is 0 Å². The molecule has 0 aliphatic heterocycles. The van der Waals surface area contributed by atoms with E-state index in [9.17, 15) is 0 Å². The molecule has 2 aromatic rings. The summed E-state index contributed by atoms with van der Waals surface area (Å²) in [4.78, 5) is 0. The molecule has 1 heterocycles. The van der Waals surface area contributed by atoms with Crippen molar-refractivity contribution in [3.8, 4) is 22.8 Å². The predicted octanol–water partition coefficient (Wildman–Crippen LogP) is 5.75. The van der Waals surface area contributed by atoms with Crippen LogP contribution < -0.4 is 9.16 Å². The first-order chi connectivity index (χ1) is 11.1. The van der Waals surface area contributed by atoms with Crippen LogP contribution in [0.15, 0.2) is 22.8 Å². The smallest absolute Gasteiger partial charge is 0.274 e.